The van der Waals surface area contributed by atoms with Gasteiger partial charge in [0.1, 0.15) is 5.84 Å². The van der Waals surface area contributed by atoms with Crippen LogP contribution in [-0.2, 0) is 4.74 Å². The van der Waals surface area contributed by atoms with Gasteiger partial charge in [-0.05, 0) is 99.8 Å². The molecule has 4 N–H and O–H groups in total. The summed E-state index contributed by atoms with van der Waals surface area (Å²) in [6.45, 7) is 17.9. The molecule has 2 aromatic carbocycles. The Balaban J connectivity index is 0.000000608. The zero-order valence-electron chi connectivity index (χ0n) is 28.8. The Morgan fingerprint density at radius 3 is 2.22 bits per heavy atom. The van der Waals surface area contributed by atoms with Crippen LogP contribution in [0.3, 0.4) is 0 Å². The topological polar surface area (TPSA) is 78.2 Å². The third-order valence-corrected chi connectivity index (χ3v) is 8.96. The Morgan fingerprint density at radius 1 is 1.04 bits per heavy atom. The third-order valence-electron chi connectivity index (χ3n) is 8.65. The van der Waals surface area contributed by atoms with E-state index in [1.54, 1.807) is 7.11 Å². The van der Waals surface area contributed by atoms with Crippen molar-refractivity contribution >= 4 is 33.9 Å². The molecule has 2 unspecified atom stereocenters. The summed E-state index contributed by atoms with van der Waals surface area (Å²) in [5, 5.41) is 10.2. The first-order valence-electron chi connectivity index (χ1n) is 17.3. The lowest BCUT2D eigenvalue weighted by Crippen LogP contribution is -2.58. The number of aliphatic imine (C=N–C) groups is 1. The summed E-state index contributed by atoms with van der Waals surface area (Å²) in [5.41, 5.74) is 8.77. The summed E-state index contributed by atoms with van der Waals surface area (Å²) >= 11 is 6.68. The van der Waals surface area contributed by atoms with E-state index in [1.165, 1.54) is 48.2 Å². The van der Waals surface area contributed by atoms with Crippen LogP contribution in [0.15, 0.2) is 64.5 Å². The van der Waals surface area contributed by atoms with Gasteiger partial charge in [0.15, 0.2) is 0 Å². The Kier molecular flexibility index (Phi) is 16.3. The second-order valence-electron chi connectivity index (χ2n) is 12.2. The maximum Gasteiger partial charge on any atom is 0.210 e. The molecule has 2 fully saturated rings. The fourth-order valence-electron chi connectivity index (χ4n) is 6.18. The fourth-order valence-corrected chi connectivity index (χ4v) is 6.46. The molecule has 2 aromatic rings. The Bertz CT molecular complexity index is 1250. The highest BCUT2D eigenvalue weighted by molar-refractivity contribution is 6.36. The number of rotatable bonds is 8. The molecular weight excluding hydrogens is 580 g/mol. The highest BCUT2D eigenvalue weighted by atomic mass is 35.5. The van der Waals surface area contributed by atoms with Crippen molar-refractivity contribution in [3.63, 3.8) is 0 Å². The molecule has 3 heterocycles. The Labute approximate surface area is 278 Å². The van der Waals surface area contributed by atoms with Gasteiger partial charge in [-0.25, -0.2) is 0 Å². The predicted molar refractivity (Wildman–Crippen MR) is 196 cm³/mol. The first kappa shape index (κ1) is 36.9. The highest BCUT2D eigenvalue weighted by Crippen LogP contribution is 2.35. The number of benzene rings is 2. The summed E-state index contributed by atoms with van der Waals surface area (Å²) in [5.74, 6) is 1.82. The van der Waals surface area contributed by atoms with Gasteiger partial charge in [0.05, 0.1) is 12.1 Å². The van der Waals surface area contributed by atoms with Crippen LogP contribution in [0.25, 0.3) is 10.8 Å². The molecule has 3 aliphatic heterocycles. The zero-order valence-corrected chi connectivity index (χ0v) is 29.6. The molecule has 0 spiro atoms. The van der Waals surface area contributed by atoms with E-state index in [0.717, 1.165) is 87.0 Å². The average Bonchev–Trinajstić information content (AvgIpc) is 3.66. The SMILES string of the molecule is C1CCNC1.CCC/C=C(/N=C(\C1=C(C)CN(c2cccc3cccc(Cl)c23)CC1)N1CC(CC)NC(CC)C1)OC.CCN. The number of fused-ring (bicyclic) bond motifs is 1. The van der Waals surface area contributed by atoms with Crippen molar-refractivity contribution in [1.29, 1.82) is 0 Å². The lowest BCUT2D eigenvalue weighted by atomic mass is 9.96. The molecule has 0 bridgehead atoms. The van der Waals surface area contributed by atoms with Crippen LogP contribution in [-0.4, -0.2) is 75.7 Å². The van der Waals surface area contributed by atoms with E-state index in [0.29, 0.717) is 12.1 Å². The van der Waals surface area contributed by atoms with Crippen LogP contribution in [0.2, 0.25) is 5.02 Å². The van der Waals surface area contributed by atoms with Crippen molar-refractivity contribution in [1.82, 2.24) is 15.5 Å². The van der Waals surface area contributed by atoms with Gasteiger partial charge in [-0.15, -0.1) is 0 Å². The summed E-state index contributed by atoms with van der Waals surface area (Å²) in [6.07, 6.45) is 10.1. The first-order chi connectivity index (χ1) is 21.9. The normalized spacial score (nSPS) is 20.9. The summed E-state index contributed by atoms with van der Waals surface area (Å²) in [4.78, 5) is 10.2. The molecule has 7 nitrogen and oxygen atoms in total. The molecule has 250 valence electrons. The van der Waals surface area contributed by atoms with Crippen molar-refractivity contribution in [3.05, 3.63) is 64.5 Å². The van der Waals surface area contributed by atoms with Gasteiger partial charge >= 0.3 is 0 Å². The van der Waals surface area contributed by atoms with Crippen LogP contribution in [0.1, 0.15) is 79.6 Å². The van der Waals surface area contributed by atoms with Crippen molar-refractivity contribution in [2.45, 2.75) is 91.6 Å². The number of amidine groups is 1. The number of anilines is 1. The van der Waals surface area contributed by atoms with Crippen LogP contribution in [0, 0.1) is 0 Å². The molecule has 0 radical (unpaired) electrons. The number of piperazine rings is 1. The minimum atomic E-state index is 0.466. The molecule has 2 atom stereocenters. The Morgan fingerprint density at radius 2 is 1.69 bits per heavy atom. The third kappa shape index (κ3) is 10.7. The number of nitrogens with two attached hydrogens (primary N) is 1. The lowest BCUT2D eigenvalue weighted by molar-refractivity contribution is 0.224. The summed E-state index contributed by atoms with van der Waals surface area (Å²) in [7, 11) is 1.73. The molecule has 5 rings (SSSR count). The fraction of sp³-hybridized carbons (Fsp3) is 0.595. The number of methoxy groups -OCH3 is 1. The predicted octanol–water partition coefficient (Wildman–Crippen LogP) is 7.50. The number of ether oxygens (including phenoxy) is 1. The molecule has 3 aliphatic rings. The van der Waals surface area contributed by atoms with Crippen molar-refractivity contribution < 1.29 is 4.74 Å². The number of halogens is 1. The lowest BCUT2D eigenvalue weighted by Gasteiger charge is -2.42. The van der Waals surface area contributed by atoms with E-state index < -0.39 is 0 Å². The van der Waals surface area contributed by atoms with E-state index in [2.05, 4.69) is 78.5 Å². The number of hydrogen-bond acceptors (Lipinski definition) is 6. The van der Waals surface area contributed by atoms with Gasteiger partial charge in [0.2, 0.25) is 5.88 Å². The first-order valence-corrected chi connectivity index (χ1v) is 17.6. The summed E-state index contributed by atoms with van der Waals surface area (Å²) < 4.78 is 5.74. The number of unbranched alkanes of at least 4 members (excludes halogenated alkanes) is 1. The minimum Gasteiger partial charge on any atom is -0.481 e. The largest absolute Gasteiger partial charge is 0.481 e. The molecule has 0 amide bonds. The van der Waals surface area contributed by atoms with Gasteiger partial charge in [-0.3, -0.25) is 0 Å². The van der Waals surface area contributed by atoms with Crippen molar-refractivity contribution in [2.24, 2.45) is 10.7 Å². The minimum absolute atomic E-state index is 0.466. The zero-order chi connectivity index (χ0) is 32.6. The summed E-state index contributed by atoms with van der Waals surface area (Å²) in [6, 6.07) is 13.6. The smallest absolute Gasteiger partial charge is 0.210 e. The van der Waals surface area contributed by atoms with Gasteiger partial charge in [-0.1, -0.05) is 70.0 Å². The van der Waals surface area contributed by atoms with E-state index >= 15 is 0 Å². The Hall–Kier alpha value is -2.58. The number of hydrogen-bond donors (Lipinski definition) is 3. The second kappa shape index (κ2) is 19.8. The van der Waals surface area contributed by atoms with Gasteiger partial charge in [0.25, 0.3) is 0 Å². The van der Waals surface area contributed by atoms with Crippen LogP contribution >= 0.6 is 11.6 Å². The molecule has 8 heteroatoms. The van der Waals surface area contributed by atoms with Crippen LogP contribution < -0.4 is 21.3 Å². The van der Waals surface area contributed by atoms with E-state index in [4.69, 9.17) is 27.1 Å². The van der Waals surface area contributed by atoms with Gasteiger partial charge in [-0.2, -0.15) is 4.99 Å². The van der Waals surface area contributed by atoms with Crippen molar-refractivity contribution in [2.75, 3.05) is 57.8 Å². The maximum atomic E-state index is 6.68. The average molecular weight is 639 g/mol. The number of nitrogens with one attached hydrogen (secondary N) is 2. The maximum absolute atomic E-state index is 6.68. The molecule has 0 aromatic heterocycles. The van der Waals surface area contributed by atoms with E-state index in [-0.39, 0.29) is 0 Å². The molecule has 2 saturated heterocycles. The standard InChI is InChI=1S/C31H43ClN4O.C4H9N.C2H7N/c1-6-9-16-29(37-5)34-31(36-20-24(7-2)33-25(8-3)21-36)26-17-18-35(19-22(26)4)28-15-11-13-23-12-10-14-27(32)30(23)28;1-2-4-5-3-1;1-2-3/h10-16,24-25,33H,6-9,17-21H2,1-5H3;5H,1-4H2;2-3H2,1H3/b29-16-,34-31+;;. The van der Waals surface area contributed by atoms with Gasteiger partial charge in [0, 0.05) is 49.3 Å². The number of allylic oxidation sites excluding steroid dienone is 1. The molecule has 45 heavy (non-hydrogen) atoms. The van der Waals surface area contributed by atoms with Crippen molar-refractivity contribution in [3.8, 4) is 0 Å². The van der Waals surface area contributed by atoms with Crippen LogP contribution in [0.4, 0.5) is 5.69 Å². The molecular formula is C37H59ClN6O. The monoisotopic (exact) mass is 638 g/mol. The van der Waals surface area contributed by atoms with Crippen LogP contribution in [0.5, 0.6) is 0 Å². The number of nitrogens with zero attached hydrogens (tertiary/aromatic N) is 3. The highest BCUT2D eigenvalue weighted by Gasteiger charge is 2.31. The molecule has 0 saturated carbocycles. The quantitative estimate of drug-likeness (QED) is 0.158. The van der Waals surface area contributed by atoms with E-state index in [1.807, 2.05) is 19.1 Å². The van der Waals surface area contributed by atoms with Gasteiger partial charge < -0.3 is 30.9 Å². The van der Waals surface area contributed by atoms with E-state index in [9.17, 15) is 0 Å². The molecule has 0 aliphatic carbocycles. The second-order valence-corrected chi connectivity index (χ2v) is 12.6.